The number of hydrogen-bond acceptors (Lipinski definition) is 4. The first kappa shape index (κ1) is 13.3. The summed E-state index contributed by atoms with van der Waals surface area (Å²) in [4.78, 5) is 4.22. The number of hydrogen-bond donors (Lipinski definition) is 2. The zero-order chi connectivity index (χ0) is 13.2. The molecule has 18 heavy (non-hydrogen) atoms. The highest BCUT2D eigenvalue weighted by atomic mass is 32.2. The van der Waals surface area contributed by atoms with E-state index in [0.717, 1.165) is 6.42 Å². The fourth-order valence-electron chi connectivity index (χ4n) is 2.03. The molecule has 2 N–H and O–H groups in total. The predicted molar refractivity (Wildman–Crippen MR) is 70.9 cm³/mol. The third-order valence-electron chi connectivity index (χ3n) is 3.04. The Labute approximate surface area is 108 Å². The third-order valence-corrected chi connectivity index (χ3v) is 4.66. The minimum absolute atomic E-state index is 0.0348. The van der Waals surface area contributed by atoms with E-state index in [4.69, 9.17) is 0 Å². The van der Waals surface area contributed by atoms with E-state index in [-0.39, 0.29) is 10.9 Å². The summed E-state index contributed by atoms with van der Waals surface area (Å²) >= 11 is 0. The van der Waals surface area contributed by atoms with Crippen LogP contribution in [0, 0.1) is 5.92 Å². The van der Waals surface area contributed by atoms with Crippen molar-refractivity contribution in [2.75, 3.05) is 12.4 Å². The molecule has 1 fully saturated rings. The second kappa shape index (κ2) is 5.24. The molecule has 2 rings (SSSR count). The molecule has 0 amide bonds. The van der Waals surface area contributed by atoms with Gasteiger partial charge in [0.2, 0.25) is 10.0 Å². The lowest BCUT2D eigenvalue weighted by Gasteiger charge is -2.15. The molecule has 1 aromatic rings. The van der Waals surface area contributed by atoms with E-state index in [1.165, 1.54) is 12.8 Å². The normalized spacial score (nSPS) is 17.4. The van der Waals surface area contributed by atoms with Crippen LogP contribution in [-0.4, -0.2) is 26.5 Å². The third kappa shape index (κ3) is 3.20. The molecule has 1 unspecified atom stereocenters. The second-order valence-corrected chi connectivity index (χ2v) is 6.48. The maximum absolute atomic E-state index is 12.2. The quantitative estimate of drug-likeness (QED) is 0.822. The highest BCUT2D eigenvalue weighted by Crippen LogP contribution is 2.33. The average molecular weight is 269 g/mol. The predicted octanol–water partition coefficient (Wildman–Crippen LogP) is 1.59. The van der Waals surface area contributed by atoms with Crippen LogP contribution in [-0.2, 0) is 10.0 Å². The number of nitrogens with one attached hydrogen (secondary N) is 2. The largest absolute Gasteiger partial charge is 0.372 e. The van der Waals surface area contributed by atoms with Gasteiger partial charge in [0.1, 0.15) is 10.7 Å². The maximum atomic E-state index is 12.2. The Kier molecular flexibility index (Phi) is 3.87. The van der Waals surface area contributed by atoms with Crippen molar-refractivity contribution in [1.82, 2.24) is 9.71 Å². The standard InChI is InChI=1S/C12H19N3O2S/c1-9(8-10-5-6-10)15-18(16,17)11-4-3-7-14-12(11)13-2/h3-4,7,9-10,15H,5-6,8H2,1-2H3,(H,13,14). The molecule has 0 saturated heterocycles. The summed E-state index contributed by atoms with van der Waals surface area (Å²) in [5, 5.41) is 2.80. The van der Waals surface area contributed by atoms with Crippen LogP contribution in [0.2, 0.25) is 0 Å². The van der Waals surface area contributed by atoms with Gasteiger partial charge < -0.3 is 5.32 Å². The summed E-state index contributed by atoms with van der Waals surface area (Å²) in [6.07, 6.45) is 4.92. The fourth-order valence-corrected chi connectivity index (χ4v) is 3.45. The number of pyridine rings is 1. The Morgan fingerprint density at radius 3 is 2.83 bits per heavy atom. The Hall–Kier alpha value is -1.14. The van der Waals surface area contributed by atoms with Crippen LogP contribution in [0.4, 0.5) is 5.82 Å². The Bertz CT molecular complexity index is 512. The van der Waals surface area contributed by atoms with Crippen LogP contribution in [0.25, 0.3) is 0 Å². The van der Waals surface area contributed by atoms with Crippen molar-refractivity contribution in [3.05, 3.63) is 18.3 Å². The number of nitrogens with zero attached hydrogens (tertiary/aromatic N) is 1. The topological polar surface area (TPSA) is 71.1 Å². The summed E-state index contributed by atoms with van der Waals surface area (Å²) < 4.78 is 27.2. The highest BCUT2D eigenvalue weighted by molar-refractivity contribution is 7.89. The SMILES string of the molecule is CNc1ncccc1S(=O)(=O)NC(C)CC1CC1. The second-order valence-electron chi connectivity index (χ2n) is 4.80. The molecule has 0 radical (unpaired) electrons. The summed E-state index contributed by atoms with van der Waals surface area (Å²) in [6.45, 7) is 1.91. The van der Waals surface area contributed by atoms with Crippen molar-refractivity contribution in [3.63, 3.8) is 0 Å². The van der Waals surface area contributed by atoms with Gasteiger partial charge in [-0.1, -0.05) is 12.8 Å². The summed E-state index contributed by atoms with van der Waals surface area (Å²) in [6, 6.07) is 3.15. The lowest BCUT2D eigenvalue weighted by atomic mass is 10.2. The van der Waals surface area contributed by atoms with E-state index in [0.29, 0.717) is 11.7 Å². The Balaban J connectivity index is 2.13. The molecule has 5 nitrogen and oxygen atoms in total. The molecule has 1 aromatic heterocycles. The molecular formula is C12H19N3O2S. The molecule has 1 atom stereocenters. The number of anilines is 1. The first-order chi connectivity index (χ1) is 8.53. The van der Waals surface area contributed by atoms with Crippen LogP contribution in [0.15, 0.2) is 23.2 Å². The van der Waals surface area contributed by atoms with Gasteiger partial charge in [0.25, 0.3) is 0 Å². The van der Waals surface area contributed by atoms with Crippen LogP contribution >= 0.6 is 0 Å². The van der Waals surface area contributed by atoms with E-state index in [1.54, 1.807) is 25.4 Å². The smallest absolute Gasteiger partial charge is 0.244 e. The Morgan fingerprint density at radius 1 is 1.50 bits per heavy atom. The van der Waals surface area contributed by atoms with Gasteiger partial charge in [0, 0.05) is 19.3 Å². The van der Waals surface area contributed by atoms with Crippen molar-refractivity contribution in [1.29, 1.82) is 0 Å². The van der Waals surface area contributed by atoms with E-state index >= 15 is 0 Å². The average Bonchev–Trinajstić information content (AvgIpc) is 3.12. The van der Waals surface area contributed by atoms with Gasteiger partial charge in [-0.05, 0) is 31.4 Å². The molecular weight excluding hydrogens is 250 g/mol. The van der Waals surface area contributed by atoms with Gasteiger partial charge in [-0.3, -0.25) is 0 Å². The first-order valence-corrected chi connectivity index (χ1v) is 7.66. The van der Waals surface area contributed by atoms with Crippen molar-refractivity contribution >= 4 is 15.8 Å². The number of rotatable bonds is 6. The molecule has 6 heteroatoms. The molecule has 1 aliphatic rings. The monoisotopic (exact) mass is 269 g/mol. The van der Waals surface area contributed by atoms with E-state index in [9.17, 15) is 8.42 Å². The minimum Gasteiger partial charge on any atom is -0.372 e. The van der Waals surface area contributed by atoms with E-state index in [1.807, 2.05) is 6.92 Å². The maximum Gasteiger partial charge on any atom is 0.244 e. The van der Waals surface area contributed by atoms with Gasteiger partial charge in [-0.15, -0.1) is 0 Å². The lowest BCUT2D eigenvalue weighted by molar-refractivity contribution is 0.530. The van der Waals surface area contributed by atoms with Gasteiger partial charge in [0.15, 0.2) is 0 Å². The number of aromatic nitrogens is 1. The zero-order valence-electron chi connectivity index (χ0n) is 10.7. The first-order valence-electron chi connectivity index (χ1n) is 6.18. The summed E-state index contributed by atoms with van der Waals surface area (Å²) in [7, 11) is -1.83. The molecule has 0 aliphatic heterocycles. The molecule has 1 saturated carbocycles. The van der Waals surface area contributed by atoms with E-state index in [2.05, 4.69) is 15.0 Å². The van der Waals surface area contributed by atoms with Gasteiger partial charge in [0.05, 0.1) is 0 Å². The van der Waals surface area contributed by atoms with Crippen molar-refractivity contribution in [3.8, 4) is 0 Å². The molecule has 100 valence electrons. The van der Waals surface area contributed by atoms with Crippen LogP contribution < -0.4 is 10.0 Å². The van der Waals surface area contributed by atoms with Crippen molar-refractivity contribution < 1.29 is 8.42 Å². The molecule has 1 aliphatic carbocycles. The molecule has 0 aromatic carbocycles. The van der Waals surface area contributed by atoms with Gasteiger partial charge in [-0.2, -0.15) is 0 Å². The minimum atomic E-state index is -3.50. The van der Waals surface area contributed by atoms with Crippen LogP contribution in [0.5, 0.6) is 0 Å². The van der Waals surface area contributed by atoms with E-state index < -0.39 is 10.0 Å². The lowest BCUT2D eigenvalue weighted by Crippen LogP contribution is -2.33. The summed E-state index contributed by atoms with van der Waals surface area (Å²) in [5.74, 6) is 1.07. The summed E-state index contributed by atoms with van der Waals surface area (Å²) in [5.41, 5.74) is 0. The van der Waals surface area contributed by atoms with Gasteiger partial charge >= 0.3 is 0 Å². The fraction of sp³-hybridized carbons (Fsp3) is 0.583. The molecule has 0 bridgehead atoms. The number of sulfonamides is 1. The van der Waals surface area contributed by atoms with Crippen LogP contribution in [0.1, 0.15) is 26.2 Å². The Morgan fingerprint density at radius 2 is 2.22 bits per heavy atom. The molecule has 1 heterocycles. The highest BCUT2D eigenvalue weighted by Gasteiger charge is 2.27. The van der Waals surface area contributed by atoms with Gasteiger partial charge in [-0.25, -0.2) is 18.1 Å². The molecule has 0 spiro atoms. The zero-order valence-corrected chi connectivity index (χ0v) is 11.5. The van der Waals surface area contributed by atoms with Crippen LogP contribution in [0.3, 0.4) is 0 Å². The van der Waals surface area contributed by atoms with Crippen molar-refractivity contribution in [2.24, 2.45) is 5.92 Å². The van der Waals surface area contributed by atoms with Crippen molar-refractivity contribution in [2.45, 2.75) is 37.1 Å².